The zero-order chi connectivity index (χ0) is 11.1. The normalized spacial score (nSPS) is 21.3. The molecule has 2 rings (SSSR count). The van der Waals surface area contributed by atoms with E-state index in [-0.39, 0.29) is 6.04 Å². The molecule has 0 bridgehead atoms. The van der Waals surface area contributed by atoms with Gasteiger partial charge < -0.3 is 0 Å². The number of nitrogens with one attached hydrogen (secondary N) is 1. The summed E-state index contributed by atoms with van der Waals surface area (Å²) in [6.07, 6.45) is 2.73. The zero-order valence-corrected chi connectivity index (χ0v) is 9.58. The van der Waals surface area contributed by atoms with Crippen molar-refractivity contribution < 1.29 is 8.42 Å². The van der Waals surface area contributed by atoms with Gasteiger partial charge in [0.05, 0.1) is 12.8 Å². The highest BCUT2D eigenvalue weighted by Crippen LogP contribution is 2.13. The fraction of sp³-hybridized carbons (Fsp3) is 0.750. The molecular formula is C8H14N4O2S. The van der Waals surface area contributed by atoms with Crippen molar-refractivity contribution in [3.63, 3.8) is 0 Å². The minimum atomic E-state index is -3.13. The van der Waals surface area contributed by atoms with Crippen LogP contribution in [0.2, 0.25) is 0 Å². The molecule has 0 aliphatic carbocycles. The summed E-state index contributed by atoms with van der Waals surface area (Å²) in [6.45, 7) is 2.41. The van der Waals surface area contributed by atoms with Gasteiger partial charge in [-0.1, -0.05) is 0 Å². The van der Waals surface area contributed by atoms with Crippen LogP contribution in [0.25, 0.3) is 0 Å². The van der Waals surface area contributed by atoms with Gasteiger partial charge in [0.1, 0.15) is 11.6 Å². The monoisotopic (exact) mass is 230 g/mol. The van der Waals surface area contributed by atoms with Crippen molar-refractivity contribution in [1.29, 1.82) is 0 Å². The van der Waals surface area contributed by atoms with Crippen molar-refractivity contribution in [2.75, 3.05) is 6.26 Å². The zero-order valence-electron chi connectivity index (χ0n) is 8.77. The Bertz CT molecular complexity index is 465. The van der Waals surface area contributed by atoms with E-state index in [2.05, 4.69) is 14.8 Å². The maximum atomic E-state index is 11.1. The fourth-order valence-electron chi connectivity index (χ4n) is 1.83. The summed E-state index contributed by atoms with van der Waals surface area (Å²) in [5.41, 5.74) is 0. The van der Waals surface area contributed by atoms with Gasteiger partial charge in [-0.2, -0.15) is 5.10 Å². The number of rotatable bonds is 2. The predicted molar refractivity (Wildman–Crippen MR) is 54.8 cm³/mol. The average Bonchev–Trinajstić information content (AvgIpc) is 2.40. The molecule has 1 N–H and O–H groups in total. The Hall–Kier alpha value is -0.950. The van der Waals surface area contributed by atoms with Gasteiger partial charge in [0.2, 0.25) is 10.0 Å². The van der Waals surface area contributed by atoms with Crippen molar-refractivity contribution in [3.8, 4) is 0 Å². The minimum absolute atomic E-state index is 0.0615. The molecule has 0 aromatic carbocycles. The van der Waals surface area contributed by atoms with Crippen molar-refractivity contribution in [1.82, 2.24) is 19.5 Å². The summed E-state index contributed by atoms with van der Waals surface area (Å²) in [6, 6.07) is -0.0615. The lowest BCUT2D eigenvalue weighted by Crippen LogP contribution is -2.40. The maximum absolute atomic E-state index is 11.1. The highest BCUT2D eigenvalue weighted by molar-refractivity contribution is 7.88. The Balaban J connectivity index is 2.12. The quantitative estimate of drug-likeness (QED) is 0.739. The number of nitrogens with zero attached hydrogens (tertiary/aromatic N) is 3. The predicted octanol–water partition coefficient (Wildman–Crippen LogP) is -0.549. The lowest BCUT2D eigenvalue weighted by Gasteiger charge is -2.22. The fourth-order valence-corrected chi connectivity index (χ4v) is 2.63. The lowest BCUT2D eigenvalue weighted by atomic mass is 10.1. The first kappa shape index (κ1) is 10.6. The van der Waals surface area contributed by atoms with Crippen molar-refractivity contribution >= 4 is 10.0 Å². The first-order valence-electron chi connectivity index (χ1n) is 4.82. The van der Waals surface area contributed by atoms with Gasteiger partial charge in [-0.15, -0.1) is 0 Å². The van der Waals surface area contributed by atoms with Crippen molar-refractivity contribution in [3.05, 3.63) is 11.6 Å². The molecule has 1 aliphatic heterocycles. The van der Waals surface area contributed by atoms with Gasteiger partial charge in [-0.3, -0.25) is 0 Å². The summed E-state index contributed by atoms with van der Waals surface area (Å²) < 4.78 is 26.5. The molecule has 15 heavy (non-hydrogen) atoms. The molecule has 0 radical (unpaired) electrons. The van der Waals surface area contributed by atoms with E-state index in [0.29, 0.717) is 6.54 Å². The summed E-state index contributed by atoms with van der Waals surface area (Å²) >= 11 is 0. The second-order valence-electron chi connectivity index (χ2n) is 3.88. The molecule has 1 aliphatic rings. The van der Waals surface area contributed by atoms with Crippen molar-refractivity contribution in [2.45, 2.75) is 32.4 Å². The number of sulfonamides is 1. The van der Waals surface area contributed by atoms with E-state index in [9.17, 15) is 8.42 Å². The second-order valence-corrected chi connectivity index (χ2v) is 5.66. The SMILES string of the molecule is Cc1nc2n(n1)CC(NS(C)(=O)=O)CC2. The molecule has 84 valence electrons. The largest absolute Gasteiger partial charge is 0.248 e. The van der Waals surface area contributed by atoms with Crippen LogP contribution < -0.4 is 4.72 Å². The Morgan fingerprint density at radius 3 is 2.93 bits per heavy atom. The molecule has 0 spiro atoms. The third-order valence-corrected chi connectivity index (χ3v) is 3.11. The first-order valence-corrected chi connectivity index (χ1v) is 6.71. The van der Waals surface area contributed by atoms with Gasteiger partial charge in [0, 0.05) is 12.5 Å². The average molecular weight is 230 g/mol. The number of hydrogen-bond acceptors (Lipinski definition) is 4. The van der Waals surface area contributed by atoms with Crippen LogP contribution >= 0.6 is 0 Å². The van der Waals surface area contributed by atoms with Crippen LogP contribution in [0.3, 0.4) is 0 Å². The number of aryl methyl sites for hydroxylation is 2. The molecule has 1 aromatic heterocycles. The van der Waals surface area contributed by atoms with E-state index < -0.39 is 10.0 Å². The summed E-state index contributed by atoms with van der Waals surface area (Å²) in [7, 11) is -3.13. The molecular weight excluding hydrogens is 216 g/mol. The molecule has 1 atom stereocenters. The molecule has 7 heteroatoms. The Morgan fingerprint density at radius 1 is 1.53 bits per heavy atom. The van der Waals surface area contributed by atoms with E-state index in [0.717, 1.165) is 24.5 Å². The Kier molecular flexibility index (Phi) is 2.51. The van der Waals surface area contributed by atoms with E-state index in [1.165, 1.54) is 6.26 Å². The molecule has 1 unspecified atom stereocenters. The van der Waals surface area contributed by atoms with Crippen LogP contribution in [0.15, 0.2) is 0 Å². The summed E-state index contributed by atoms with van der Waals surface area (Å²) in [4.78, 5) is 4.26. The van der Waals surface area contributed by atoms with Crippen molar-refractivity contribution in [2.24, 2.45) is 0 Å². The number of fused-ring (bicyclic) bond motifs is 1. The molecule has 0 saturated heterocycles. The smallest absolute Gasteiger partial charge is 0.209 e. The van der Waals surface area contributed by atoms with Crippen LogP contribution in [0, 0.1) is 6.92 Å². The van der Waals surface area contributed by atoms with E-state index in [1.807, 2.05) is 6.92 Å². The van der Waals surface area contributed by atoms with E-state index in [1.54, 1.807) is 4.68 Å². The van der Waals surface area contributed by atoms with Gasteiger partial charge >= 0.3 is 0 Å². The Morgan fingerprint density at radius 2 is 2.27 bits per heavy atom. The topological polar surface area (TPSA) is 76.9 Å². The third-order valence-electron chi connectivity index (χ3n) is 2.34. The molecule has 0 fully saturated rings. The van der Waals surface area contributed by atoms with E-state index >= 15 is 0 Å². The number of hydrogen-bond donors (Lipinski definition) is 1. The van der Waals surface area contributed by atoms with Gasteiger partial charge in [0.25, 0.3) is 0 Å². The third kappa shape index (κ3) is 2.54. The van der Waals surface area contributed by atoms with Crippen LogP contribution in [-0.4, -0.2) is 35.5 Å². The molecule has 6 nitrogen and oxygen atoms in total. The molecule has 0 saturated carbocycles. The van der Waals surface area contributed by atoms with Crippen LogP contribution in [0.4, 0.5) is 0 Å². The number of aromatic nitrogens is 3. The first-order chi connectivity index (χ1) is 6.94. The summed E-state index contributed by atoms with van der Waals surface area (Å²) in [5, 5.41) is 4.20. The minimum Gasteiger partial charge on any atom is -0.248 e. The standard InChI is InChI=1S/C8H14N4O2S/c1-6-9-8-4-3-7(5-12(8)10-6)11-15(2,13)14/h7,11H,3-5H2,1-2H3. The highest BCUT2D eigenvalue weighted by Gasteiger charge is 2.22. The van der Waals surface area contributed by atoms with Crippen LogP contribution in [-0.2, 0) is 23.0 Å². The van der Waals surface area contributed by atoms with Gasteiger partial charge in [0.15, 0.2) is 0 Å². The molecule has 2 heterocycles. The van der Waals surface area contributed by atoms with E-state index in [4.69, 9.17) is 0 Å². The molecule has 0 amide bonds. The second kappa shape index (κ2) is 3.57. The lowest BCUT2D eigenvalue weighted by molar-refractivity contribution is 0.395. The van der Waals surface area contributed by atoms with Gasteiger partial charge in [-0.25, -0.2) is 22.8 Å². The van der Waals surface area contributed by atoms with Gasteiger partial charge in [-0.05, 0) is 13.3 Å². The maximum Gasteiger partial charge on any atom is 0.209 e. The van der Waals surface area contributed by atoms with Crippen LogP contribution in [0.1, 0.15) is 18.1 Å². The van der Waals surface area contributed by atoms with Crippen LogP contribution in [0.5, 0.6) is 0 Å². The Labute approximate surface area is 88.8 Å². The molecule has 1 aromatic rings. The summed E-state index contributed by atoms with van der Waals surface area (Å²) in [5.74, 6) is 1.68. The highest BCUT2D eigenvalue weighted by atomic mass is 32.2.